The smallest absolute Gasteiger partial charge is 0.149 e. The Kier molecular flexibility index (Phi) is 8.97. The molecule has 2 aromatic heterocycles. The molecule has 0 saturated heterocycles. The van der Waals surface area contributed by atoms with E-state index in [2.05, 4.69) is 107 Å². The first kappa shape index (κ1) is 35.3. The summed E-state index contributed by atoms with van der Waals surface area (Å²) in [6.45, 7) is 20.3. The zero-order valence-electron chi connectivity index (χ0n) is 45.9. The number of pyridine rings is 1. The molecule has 0 aliphatic heterocycles. The molecule has 0 fully saturated rings. The van der Waals surface area contributed by atoms with Gasteiger partial charge in [0.15, 0.2) is 0 Å². The van der Waals surface area contributed by atoms with Crippen LogP contribution in [0.1, 0.15) is 94.2 Å². The van der Waals surface area contributed by atoms with Crippen LogP contribution in [0.15, 0.2) is 170 Å². The van der Waals surface area contributed by atoms with E-state index in [0.29, 0.717) is 28.0 Å². The summed E-state index contributed by atoms with van der Waals surface area (Å²) in [5, 5.41) is 12.5. The van der Waals surface area contributed by atoms with Crippen LogP contribution in [0, 0.1) is 6.92 Å². The Labute approximate surface area is 395 Å². The number of nitrogens with zero attached hydrogens (tertiary/aromatic N) is 3. The van der Waals surface area contributed by atoms with Gasteiger partial charge in [-0.05, 0) is 133 Å². The zero-order valence-corrected chi connectivity index (χ0v) is 38.9. The van der Waals surface area contributed by atoms with Crippen LogP contribution in [0.4, 0.5) is 0 Å². The van der Waals surface area contributed by atoms with Crippen molar-refractivity contribution in [1.29, 1.82) is 0 Å². The largest absolute Gasteiger partial charge is 0.507 e. The van der Waals surface area contributed by atoms with E-state index in [1.807, 2.05) is 99.6 Å². The molecule has 65 heavy (non-hydrogen) atoms. The summed E-state index contributed by atoms with van der Waals surface area (Å²) in [7, 11) is 0. The van der Waals surface area contributed by atoms with Gasteiger partial charge in [-0.25, -0.2) is 4.98 Å². The highest BCUT2D eigenvalue weighted by molar-refractivity contribution is 5.98. The van der Waals surface area contributed by atoms with Gasteiger partial charge in [0.25, 0.3) is 0 Å². The molecule has 0 bridgehead atoms. The fourth-order valence-electron chi connectivity index (χ4n) is 8.38. The predicted molar refractivity (Wildman–Crippen MR) is 274 cm³/mol. The van der Waals surface area contributed by atoms with E-state index in [9.17, 15) is 6.48 Å². The third kappa shape index (κ3) is 8.66. The van der Waals surface area contributed by atoms with E-state index < -0.39 is 23.0 Å². The fraction of sp³-hybridized carbons (Fsp3) is 0.213. The maximum absolute atomic E-state index is 12.5. The molecule has 0 radical (unpaired) electrons. The van der Waals surface area contributed by atoms with Gasteiger partial charge >= 0.3 is 0 Å². The molecule has 1 N–H and O–H groups in total. The second-order valence-electron chi connectivity index (χ2n) is 20.1. The molecule has 9 rings (SSSR count). The van der Waals surface area contributed by atoms with Crippen molar-refractivity contribution in [3.05, 3.63) is 192 Å². The van der Waals surface area contributed by atoms with Gasteiger partial charge in [0.1, 0.15) is 11.6 Å². The Balaban J connectivity index is 1.36. The number of imidazole rings is 1. The molecular formula is C61H59N3O. The van der Waals surface area contributed by atoms with Gasteiger partial charge in [0, 0.05) is 28.6 Å². The lowest BCUT2D eigenvalue weighted by Gasteiger charge is -2.27. The lowest BCUT2D eigenvalue weighted by atomic mass is 9.79. The lowest BCUT2D eigenvalue weighted by molar-refractivity contribution is 0.446. The number of hydrogen-bond acceptors (Lipinski definition) is 3. The first-order valence-corrected chi connectivity index (χ1v) is 22.2. The monoisotopic (exact) mass is 857 g/mol. The highest BCUT2D eigenvalue weighted by atomic mass is 16.3. The molecular weight excluding hydrogens is 791 g/mol. The van der Waals surface area contributed by atoms with Crippen LogP contribution >= 0.6 is 0 Å². The molecule has 0 atom stereocenters. The Morgan fingerprint density at radius 1 is 0.508 bits per heavy atom. The van der Waals surface area contributed by atoms with E-state index in [0.717, 1.165) is 55.7 Å². The van der Waals surface area contributed by atoms with Crippen LogP contribution < -0.4 is 0 Å². The van der Waals surface area contributed by atoms with E-state index in [1.54, 1.807) is 0 Å². The van der Waals surface area contributed by atoms with Gasteiger partial charge in [-0.15, -0.1) is 0 Å². The maximum atomic E-state index is 12.5. The molecule has 0 aliphatic rings. The summed E-state index contributed by atoms with van der Waals surface area (Å²) in [5.74, 6) is 0.708. The molecule has 7 aromatic carbocycles. The van der Waals surface area contributed by atoms with Crippen LogP contribution in [-0.2, 0) is 16.2 Å². The molecule has 0 spiro atoms. The van der Waals surface area contributed by atoms with E-state index in [4.69, 9.17) is 13.2 Å². The van der Waals surface area contributed by atoms with Crippen molar-refractivity contribution in [3.8, 4) is 78.6 Å². The van der Waals surface area contributed by atoms with Gasteiger partial charge < -0.3 is 5.11 Å². The van der Waals surface area contributed by atoms with Crippen LogP contribution in [-0.4, -0.2) is 19.6 Å². The predicted octanol–water partition coefficient (Wildman–Crippen LogP) is 16.3. The number of aromatic nitrogens is 3. The summed E-state index contributed by atoms with van der Waals surface area (Å²) in [6.07, 6.45) is -0.468. The Morgan fingerprint density at radius 3 is 1.75 bits per heavy atom. The van der Waals surface area contributed by atoms with Crippen molar-refractivity contribution < 1.29 is 14.7 Å². The van der Waals surface area contributed by atoms with Crippen LogP contribution in [0.2, 0.25) is 0 Å². The first-order valence-electron chi connectivity index (χ1n) is 25.7. The molecule has 0 unspecified atom stereocenters. The van der Waals surface area contributed by atoms with Crippen molar-refractivity contribution in [1.82, 2.24) is 14.5 Å². The number of fused-ring (bicyclic) bond motifs is 1. The molecule has 4 heteroatoms. The molecule has 2 heterocycles. The SMILES string of the molecule is [2H]c1nc(-c2cc(-c3ccccc3)cc(-c3cccc4c3nc(-c3cc(C(C)(C)C)cc(C(C)(C)C)c3O)n4-c3cc(C)cc(-c4ccccc4)c3)c2)c([2H])c(-c2c([2H])c([2H])c(C(C)(C)C)c([2H])c2[2H])c1[2H]. The Bertz CT molecular complexity index is 3590. The van der Waals surface area contributed by atoms with Crippen LogP contribution in [0.3, 0.4) is 0 Å². The number of aryl methyl sites for hydroxylation is 1. The first-order chi connectivity index (χ1) is 33.8. The van der Waals surface area contributed by atoms with Crippen molar-refractivity contribution >= 4 is 11.0 Å². The number of para-hydroxylation sites is 1. The van der Waals surface area contributed by atoms with Crippen LogP contribution in [0.5, 0.6) is 5.75 Å². The Morgan fingerprint density at radius 2 is 1.12 bits per heavy atom. The molecule has 324 valence electrons. The lowest BCUT2D eigenvalue weighted by Crippen LogP contribution is -2.17. The van der Waals surface area contributed by atoms with E-state index in [-0.39, 0.29) is 63.8 Å². The average Bonchev–Trinajstić information content (AvgIpc) is 3.72. The van der Waals surface area contributed by atoms with Gasteiger partial charge in [-0.1, -0.05) is 171 Å². The normalized spacial score (nSPS) is 13.7. The average molecular weight is 857 g/mol. The molecule has 4 nitrogen and oxygen atoms in total. The number of hydrogen-bond donors (Lipinski definition) is 1. The Hall–Kier alpha value is -7.04. The number of phenols is 1. The van der Waals surface area contributed by atoms with Crippen molar-refractivity contribution in [2.24, 2.45) is 0 Å². The minimum absolute atomic E-state index is 0.0482. The molecule has 0 saturated carbocycles. The molecule has 0 amide bonds. The minimum atomic E-state index is -0.721. The fourth-order valence-corrected chi connectivity index (χ4v) is 8.38. The number of benzene rings is 7. The summed E-state index contributed by atoms with van der Waals surface area (Å²) in [5.41, 5.74) is 9.91. The highest BCUT2D eigenvalue weighted by Gasteiger charge is 2.29. The standard InChI is InChI=1S/C61H59N3O/c1-39-30-44(40-18-13-11-14-19-40)35-50(31-39)64-55-23-17-22-51(56(55)63-58(64)52-37-49(60(5,6)7)38-53(57(52)65)61(8,9)10)46-32-45(41-20-15-12-16-21-41)33-47(34-46)54-36-43(28-29-62-54)42-24-26-48(27-25-42)59(2,3)4/h11-38,65H,1-10H3/i24D,25D,26D,27D,28D,29D,36D. The minimum Gasteiger partial charge on any atom is -0.507 e. The maximum Gasteiger partial charge on any atom is 0.149 e. The van der Waals surface area contributed by atoms with Gasteiger partial charge in [-0.2, -0.15) is 0 Å². The summed E-state index contributed by atoms with van der Waals surface area (Å²) >= 11 is 0. The third-order valence-electron chi connectivity index (χ3n) is 12.0. The quantitative estimate of drug-likeness (QED) is 0.174. The van der Waals surface area contributed by atoms with Crippen molar-refractivity contribution in [2.45, 2.75) is 85.5 Å². The second kappa shape index (κ2) is 16.5. The second-order valence-corrected chi connectivity index (χ2v) is 20.1. The van der Waals surface area contributed by atoms with Crippen molar-refractivity contribution in [3.63, 3.8) is 0 Å². The van der Waals surface area contributed by atoms with Gasteiger partial charge in [-0.3, -0.25) is 9.55 Å². The van der Waals surface area contributed by atoms with Crippen LogP contribution in [0.25, 0.3) is 83.9 Å². The van der Waals surface area contributed by atoms with Crippen molar-refractivity contribution in [2.75, 3.05) is 0 Å². The number of rotatable bonds is 7. The summed E-state index contributed by atoms with van der Waals surface area (Å²) in [4.78, 5) is 10.1. The topological polar surface area (TPSA) is 50.9 Å². The van der Waals surface area contributed by atoms with E-state index in [1.165, 1.54) is 0 Å². The molecule has 9 aromatic rings. The summed E-state index contributed by atoms with van der Waals surface area (Å²) < 4.78 is 66.1. The molecule has 0 aliphatic carbocycles. The zero-order chi connectivity index (χ0) is 51.9. The number of aromatic hydroxyl groups is 1. The third-order valence-corrected chi connectivity index (χ3v) is 12.0. The number of phenolic OH excluding ortho intramolecular Hbond substituents is 1. The van der Waals surface area contributed by atoms with Gasteiger partial charge in [0.05, 0.1) is 31.9 Å². The highest BCUT2D eigenvalue weighted by Crippen LogP contribution is 2.45. The van der Waals surface area contributed by atoms with E-state index >= 15 is 0 Å². The van der Waals surface area contributed by atoms with Gasteiger partial charge in [0.2, 0.25) is 0 Å². The summed E-state index contributed by atoms with van der Waals surface area (Å²) in [6, 6.07) is 40.5.